The van der Waals surface area contributed by atoms with Gasteiger partial charge in [-0.25, -0.2) is 9.59 Å². The molecule has 1 rings (SSSR count). The number of carbonyl (C=O) groups is 2. The van der Waals surface area contributed by atoms with Crippen molar-refractivity contribution in [1.29, 1.82) is 0 Å². The molecule has 0 heterocycles. The molecule has 21 heavy (non-hydrogen) atoms. The summed E-state index contributed by atoms with van der Waals surface area (Å²) in [6, 6.07) is 8.19. The van der Waals surface area contributed by atoms with Gasteiger partial charge in [0, 0.05) is 0 Å². The van der Waals surface area contributed by atoms with Gasteiger partial charge in [0.2, 0.25) is 0 Å². The number of carboxylic acids is 1. The number of benzene rings is 1. The molecule has 5 heteroatoms. The van der Waals surface area contributed by atoms with Gasteiger partial charge in [0.25, 0.3) is 0 Å². The van der Waals surface area contributed by atoms with Crippen molar-refractivity contribution in [2.24, 2.45) is 5.92 Å². The lowest BCUT2D eigenvalue weighted by molar-refractivity contribution is -0.139. The Morgan fingerprint density at radius 3 is 2.24 bits per heavy atom. The first-order chi connectivity index (χ1) is 9.93. The Morgan fingerprint density at radius 2 is 1.76 bits per heavy atom. The zero-order chi connectivity index (χ0) is 15.8. The first-order valence-electron chi connectivity index (χ1n) is 7.28. The maximum absolute atomic E-state index is 12.0. The molecule has 0 saturated carbocycles. The van der Waals surface area contributed by atoms with Crippen LogP contribution < -0.4 is 10.6 Å². The summed E-state index contributed by atoms with van der Waals surface area (Å²) in [6.07, 6.45) is 1.14. The highest BCUT2D eigenvalue weighted by Gasteiger charge is 2.22. The molecule has 5 nitrogen and oxygen atoms in total. The summed E-state index contributed by atoms with van der Waals surface area (Å²) in [7, 11) is 0. The number of urea groups is 1. The van der Waals surface area contributed by atoms with Crippen LogP contribution in [0, 0.1) is 5.92 Å². The van der Waals surface area contributed by atoms with E-state index in [2.05, 4.69) is 10.6 Å². The van der Waals surface area contributed by atoms with Crippen LogP contribution in [0.3, 0.4) is 0 Å². The predicted octanol–water partition coefficient (Wildman–Crippen LogP) is 2.94. The van der Waals surface area contributed by atoms with Crippen molar-refractivity contribution in [3.8, 4) is 0 Å². The summed E-state index contributed by atoms with van der Waals surface area (Å²) >= 11 is 0. The first kappa shape index (κ1) is 17.0. The second-order valence-corrected chi connectivity index (χ2v) is 5.51. The van der Waals surface area contributed by atoms with E-state index >= 15 is 0 Å². The van der Waals surface area contributed by atoms with Crippen LogP contribution in [0.25, 0.3) is 0 Å². The Morgan fingerprint density at radius 1 is 1.14 bits per heavy atom. The minimum Gasteiger partial charge on any atom is -0.480 e. The fourth-order valence-corrected chi connectivity index (χ4v) is 2.16. The van der Waals surface area contributed by atoms with Crippen molar-refractivity contribution in [1.82, 2.24) is 10.6 Å². The highest BCUT2D eigenvalue weighted by Crippen LogP contribution is 2.15. The molecule has 2 atom stereocenters. The average molecular weight is 292 g/mol. The second-order valence-electron chi connectivity index (χ2n) is 5.51. The standard InChI is InChI=1S/C16H24N2O3/c1-4-13(12-8-6-5-7-9-12)17-16(21)18-14(15(19)20)10-11(2)3/h5-9,11,13-14H,4,10H2,1-3H3,(H,19,20)(H2,17,18,21)/t13?,14-/m1/s1. The summed E-state index contributed by atoms with van der Waals surface area (Å²) in [5.41, 5.74) is 1.01. The van der Waals surface area contributed by atoms with Gasteiger partial charge in [0.15, 0.2) is 0 Å². The largest absolute Gasteiger partial charge is 0.480 e. The van der Waals surface area contributed by atoms with Crippen LogP contribution in [0.5, 0.6) is 0 Å². The van der Waals surface area contributed by atoms with E-state index in [4.69, 9.17) is 5.11 Å². The third-order valence-corrected chi connectivity index (χ3v) is 3.23. The van der Waals surface area contributed by atoms with E-state index in [0.717, 1.165) is 12.0 Å². The van der Waals surface area contributed by atoms with Crippen LogP contribution in [0.15, 0.2) is 30.3 Å². The predicted molar refractivity (Wildman–Crippen MR) is 82.0 cm³/mol. The van der Waals surface area contributed by atoms with E-state index < -0.39 is 18.0 Å². The molecule has 0 bridgehead atoms. The van der Waals surface area contributed by atoms with Gasteiger partial charge in [0.05, 0.1) is 6.04 Å². The zero-order valence-corrected chi connectivity index (χ0v) is 12.8. The molecule has 1 aromatic carbocycles. The number of aliphatic carboxylic acids is 1. The van der Waals surface area contributed by atoms with Gasteiger partial charge in [0.1, 0.15) is 6.04 Å². The normalized spacial score (nSPS) is 13.5. The van der Waals surface area contributed by atoms with Crippen LogP contribution >= 0.6 is 0 Å². The first-order valence-corrected chi connectivity index (χ1v) is 7.28. The van der Waals surface area contributed by atoms with Gasteiger partial charge < -0.3 is 15.7 Å². The molecular weight excluding hydrogens is 268 g/mol. The minimum absolute atomic E-state index is 0.125. The maximum atomic E-state index is 12.0. The van der Waals surface area contributed by atoms with Crippen LogP contribution in [0.2, 0.25) is 0 Å². The zero-order valence-electron chi connectivity index (χ0n) is 12.8. The monoisotopic (exact) mass is 292 g/mol. The van der Waals surface area contributed by atoms with Gasteiger partial charge in [-0.15, -0.1) is 0 Å². The van der Waals surface area contributed by atoms with Gasteiger partial charge in [-0.2, -0.15) is 0 Å². The number of nitrogens with one attached hydrogen (secondary N) is 2. The number of carbonyl (C=O) groups excluding carboxylic acids is 1. The molecule has 1 aromatic rings. The van der Waals surface area contributed by atoms with E-state index in [9.17, 15) is 9.59 Å². The van der Waals surface area contributed by atoms with Crippen molar-refractivity contribution < 1.29 is 14.7 Å². The fraction of sp³-hybridized carbons (Fsp3) is 0.500. The van der Waals surface area contributed by atoms with E-state index in [1.165, 1.54) is 0 Å². The topological polar surface area (TPSA) is 78.4 Å². The smallest absolute Gasteiger partial charge is 0.326 e. The molecule has 2 amide bonds. The summed E-state index contributed by atoms with van der Waals surface area (Å²) in [5, 5.41) is 14.5. The van der Waals surface area contributed by atoms with Gasteiger partial charge in [-0.3, -0.25) is 0 Å². The van der Waals surface area contributed by atoms with Crippen molar-refractivity contribution in [3.05, 3.63) is 35.9 Å². The Balaban J connectivity index is 2.64. The summed E-state index contributed by atoms with van der Waals surface area (Å²) in [6.45, 7) is 5.82. The minimum atomic E-state index is -1.01. The van der Waals surface area contributed by atoms with Crippen LogP contribution in [-0.4, -0.2) is 23.1 Å². The molecule has 0 aliphatic heterocycles. The molecule has 1 unspecified atom stereocenters. The van der Waals surface area contributed by atoms with Crippen molar-refractivity contribution in [3.63, 3.8) is 0 Å². The molecule has 0 aliphatic carbocycles. The molecular formula is C16H24N2O3. The molecule has 0 saturated heterocycles. The van der Waals surface area contributed by atoms with E-state index in [1.807, 2.05) is 51.1 Å². The van der Waals surface area contributed by atoms with Crippen molar-refractivity contribution in [2.45, 2.75) is 45.7 Å². The molecule has 0 fully saturated rings. The summed E-state index contributed by atoms with van der Waals surface area (Å²) in [4.78, 5) is 23.1. The van der Waals surface area contributed by atoms with E-state index in [0.29, 0.717) is 6.42 Å². The Hall–Kier alpha value is -2.04. The summed E-state index contributed by atoms with van der Waals surface area (Å²) in [5.74, 6) is -0.811. The Bertz CT molecular complexity index is 460. The fourth-order valence-electron chi connectivity index (χ4n) is 2.16. The second kappa shape index (κ2) is 8.29. The SMILES string of the molecule is CCC(NC(=O)N[C@H](CC(C)C)C(=O)O)c1ccccc1. The lowest BCUT2D eigenvalue weighted by Gasteiger charge is -2.21. The number of hydrogen-bond acceptors (Lipinski definition) is 2. The van der Waals surface area contributed by atoms with Crippen molar-refractivity contribution in [2.75, 3.05) is 0 Å². The molecule has 0 spiro atoms. The number of hydrogen-bond donors (Lipinski definition) is 3. The van der Waals surface area contributed by atoms with E-state index in [1.54, 1.807) is 0 Å². The highest BCUT2D eigenvalue weighted by molar-refractivity contribution is 5.82. The van der Waals surface area contributed by atoms with E-state index in [-0.39, 0.29) is 12.0 Å². The van der Waals surface area contributed by atoms with Gasteiger partial charge in [-0.1, -0.05) is 51.1 Å². The third-order valence-electron chi connectivity index (χ3n) is 3.23. The van der Waals surface area contributed by atoms with Crippen LogP contribution in [0.1, 0.15) is 45.2 Å². The average Bonchev–Trinajstić information content (AvgIpc) is 2.44. The quantitative estimate of drug-likeness (QED) is 0.723. The summed E-state index contributed by atoms with van der Waals surface area (Å²) < 4.78 is 0. The lowest BCUT2D eigenvalue weighted by Crippen LogP contribution is -2.47. The molecule has 0 radical (unpaired) electrons. The Labute approximate surface area is 125 Å². The Kier molecular flexibility index (Phi) is 6.72. The van der Waals surface area contributed by atoms with Gasteiger partial charge >= 0.3 is 12.0 Å². The maximum Gasteiger partial charge on any atom is 0.326 e. The molecule has 3 N–H and O–H groups in total. The molecule has 0 aliphatic rings. The van der Waals surface area contributed by atoms with Crippen LogP contribution in [0.4, 0.5) is 4.79 Å². The van der Waals surface area contributed by atoms with Crippen LogP contribution in [-0.2, 0) is 4.79 Å². The number of carboxylic acid groups (broad SMARTS) is 1. The van der Waals surface area contributed by atoms with Crippen molar-refractivity contribution >= 4 is 12.0 Å². The highest BCUT2D eigenvalue weighted by atomic mass is 16.4. The number of rotatable bonds is 7. The number of amides is 2. The molecule has 116 valence electrons. The molecule has 0 aromatic heterocycles. The third kappa shape index (κ3) is 5.85. The van der Waals surface area contributed by atoms with Gasteiger partial charge in [-0.05, 0) is 24.3 Å². The lowest BCUT2D eigenvalue weighted by atomic mass is 10.0.